The lowest BCUT2D eigenvalue weighted by atomic mass is 9.98. The second-order valence-electron chi connectivity index (χ2n) is 7.06. The number of nitrogens with one attached hydrogen (secondary N) is 2. The molecule has 0 aliphatic carbocycles. The van der Waals surface area contributed by atoms with Crippen molar-refractivity contribution >= 4 is 40.7 Å². The van der Waals surface area contributed by atoms with Gasteiger partial charge in [0.25, 0.3) is 0 Å². The SMILES string of the molecule is CN(C(=O)Oc1c(/C(C=N)=C/Nc2cscn2)cc(C(F)(F)F)cc1C(F)(F)F)c1ccc(F)cc1. The van der Waals surface area contributed by atoms with E-state index >= 15 is 0 Å². The van der Waals surface area contributed by atoms with Crippen LogP contribution in [0, 0.1) is 11.2 Å². The highest BCUT2D eigenvalue weighted by atomic mass is 32.1. The summed E-state index contributed by atoms with van der Waals surface area (Å²) in [5.41, 5.74) is -3.38. The number of carbonyl (C=O) groups excluding carboxylic acids is 1. The summed E-state index contributed by atoms with van der Waals surface area (Å²) in [5, 5.41) is 11.7. The lowest BCUT2D eigenvalue weighted by Gasteiger charge is -2.22. The molecule has 0 saturated heterocycles. The Morgan fingerprint density at radius 2 is 1.78 bits per heavy atom. The van der Waals surface area contributed by atoms with Gasteiger partial charge in [0.2, 0.25) is 0 Å². The summed E-state index contributed by atoms with van der Waals surface area (Å²) in [6.45, 7) is 0. The Labute approximate surface area is 203 Å². The summed E-state index contributed by atoms with van der Waals surface area (Å²) in [7, 11) is 1.11. The van der Waals surface area contributed by atoms with Crippen LogP contribution >= 0.6 is 11.3 Å². The first-order valence-electron chi connectivity index (χ1n) is 9.70. The molecule has 0 aliphatic heterocycles. The van der Waals surface area contributed by atoms with Crippen molar-refractivity contribution in [2.45, 2.75) is 12.4 Å². The molecule has 0 radical (unpaired) electrons. The third-order valence-electron chi connectivity index (χ3n) is 4.67. The summed E-state index contributed by atoms with van der Waals surface area (Å²) in [5.74, 6) is -1.67. The summed E-state index contributed by atoms with van der Waals surface area (Å²) in [6.07, 6.45) is -10.5. The van der Waals surface area contributed by atoms with E-state index in [1.165, 1.54) is 10.9 Å². The van der Waals surface area contributed by atoms with E-state index in [4.69, 9.17) is 10.1 Å². The third kappa shape index (κ3) is 6.19. The van der Waals surface area contributed by atoms with Gasteiger partial charge in [0.05, 0.1) is 16.6 Å². The number of nitrogens with zero attached hydrogens (tertiary/aromatic N) is 2. The fourth-order valence-corrected chi connectivity index (χ4v) is 3.38. The van der Waals surface area contributed by atoms with Crippen molar-refractivity contribution < 1.29 is 40.3 Å². The zero-order valence-electron chi connectivity index (χ0n) is 18.0. The van der Waals surface area contributed by atoms with Crippen LogP contribution in [0.25, 0.3) is 5.57 Å². The van der Waals surface area contributed by atoms with E-state index < -0.39 is 52.3 Å². The number of alkyl halides is 6. The number of rotatable bonds is 6. The van der Waals surface area contributed by atoms with Crippen molar-refractivity contribution in [3.8, 4) is 5.75 Å². The number of anilines is 2. The Bertz CT molecular complexity index is 1270. The van der Waals surface area contributed by atoms with Gasteiger partial charge in [-0.05, 0) is 36.4 Å². The van der Waals surface area contributed by atoms with Gasteiger partial charge in [-0.3, -0.25) is 4.90 Å². The quantitative estimate of drug-likeness (QED) is 0.263. The molecule has 14 heteroatoms. The average molecular weight is 532 g/mol. The van der Waals surface area contributed by atoms with Crippen LogP contribution in [0.4, 0.5) is 47.0 Å². The third-order valence-corrected chi connectivity index (χ3v) is 5.26. The molecule has 36 heavy (non-hydrogen) atoms. The van der Waals surface area contributed by atoms with Crippen LogP contribution in [-0.4, -0.2) is 24.3 Å². The van der Waals surface area contributed by atoms with Crippen molar-refractivity contribution in [2.24, 2.45) is 0 Å². The molecule has 0 aliphatic rings. The summed E-state index contributed by atoms with van der Waals surface area (Å²) in [4.78, 5) is 17.3. The molecule has 0 atom stereocenters. The summed E-state index contributed by atoms with van der Waals surface area (Å²) >= 11 is 1.16. The maximum Gasteiger partial charge on any atom is 0.420 e. The number of aromatic nitrogens is 1. The van der Waals surface area contributed by atoms with Crippen molar-refractivity contribution in [1.82, 2.24) is 4.98 Å². The fraction of sp³-hybridized carbons (Fsp3) is 0.136. The van der Waals surface area contributed by atoms with Crippen molar-refractivity contribution in [3.63, 3.8) is 0 Å². The minimum atomic E-state index is -5.37. The topological polar surface area (TPSA) is 78.3 Å². The van der Waals surface area contributed by atoms with Crippen LogP contribution in [-0.2, 0) is 12.4 Å². The molecule has 190 valence electrons. The average Bonchev–Trinajstić information content (AvgIpc) is 3.32. The number of hydrogen-bond acceptors (Lipinski definition) is 6. The van der Waals surface area contributed by atoms with E-state index in [0.29, 0.717) is 12.3 Å². The van der Waals surface area contributed by atoms with E-state index in [0.717, 1.165) is 53.7 Å². The number of ether oxygens (including phenoxy) is 1. The number of allylic oxidation sites excluding steroid dienone is 1. The molecular formula is C22H15F7N4O2S. The van der Waals surface area contributed by atoms with Crippen molar-refractivity contribution in [2.75, 3.05) is 17.3 Å². The standard InChI is InChI=1S/C22H15F7N4O2S/c1-33(15-4-2-14(23)3-5-15)20(34)35-19-16(12(8-30)9-31-18-10-36-11-32-18)6-13(21(24,25)26)7-17(19)22(27,28)29/h2-11,30-31H,1H3/b12-9+,30-8?. The molecule has 1 aromatic heterocycles. The minimum Gasteiger partial charge on any atom is -0.409 e. The number of hydrogen-bond donors (Lipinski definition) is 2. The first kappa shape index (κ1) is 26.7. The maximum absolute atomic E-state index is 13.9. The zero-order valence-corrected chi connectivity index (χ0v) is 18.9. The molecule has 1 heterocycles. The Morgan fingerprint density at radius 3 is 2.31 bits per heavy atom. The highest BCUT2D eigenvalue weighted by Gasteiger charge is 2.41. The van der Waals surface area contributed by atoms with Gasteiger partial charge in [0.1, 0.15) is 11.6 Å². The molecular weight excluding hydrogens is 517 g/mol. The van der Waals surface area contributed by atoms with Crippen molar-refractivity contribution in [1.29, 1.82) is 5.41 Å². The minimum absolute atomic E-state index is 0.0384. The number of halogens is 7. The smallest absolute Gasteiger partial charge is 0.409 e. The largest absolute Gasteiger partial charge is 0.420 e. The predicted octanol–water partition coefficient (Wildman–Crippen LogP) is 7.06. The second kappa shape index (κ2) is 10.4. The first-order chi connectivity index (χ1) is 16.8. The molecule has 3 rings (SSSR count). The fourth-order valence-electron chi connectivity index (χ4n) is 2.89. The number of benzene rings is 2. The van der Waals surface area contributed by atoms with E-state index in [1.54, 1.807) is 0 Å². The molecule has 0 fully saturated rings. The molecule has 3 aromatic rings. The molecule has 2 aromatic carbocycles. The van der Waals surface area contributed by atoms with E-state index in [-0.39, 0.29) is 17.6 Å². The molecule has 0 bridgehead atoms. The molecule has 0 unspecified atom stereocenters. The van der Waals surface area contributed by atoms with Gasteiger partial charge in [-0.1, -0.05) is 0 Å². The number of thiazole rings is 1. The van der Waals surface area contributed by atoms with Crippen LogP contribution in [0.2, 0.25) is 0 Å². The lowest BCUT2D eigenvalue weighted by molar-refractivity contribution is -0.143. The van der Waals surface area contributed by atoms with Gasteiger partial charge in [-0.15, -0.1) is 11.3 Å². The Kier molecular flexibility index (Phi) is 7.67. The first-order valence-corrected chi connectivity index (χ1v) is 10.6. The predicted molar refractivity (Wildman–Crippen MR) is 120 cm³/mol. The highest BCUT2D eigenvalue weighted by Crippen LogP contribution is 2.44. The molecule has 6 nitrogen and oxygen atoms in total. The zero-order chi connectivity index (χ0) is 26.7. The van der Waals surface area contributed by atoms with Gasteiger partial charge in [0, 0.05) is 41.7 Å². The summed E-state index contributed by atoms with van der Waals surface area (Å²) < 4.78 is 100. The van der Waals surface area contributed by atoms with Crippen molar-refractivity contribution in [3.05, 3.63) is 76.0 Å². The molecule has 0 saturated carbocycles. The summed E-state index contributed by atoms with van der Waals surface area (Å²) in [6, 6.07) is 4.44. The molecule has 0 spiro atoms. The van der Waals surface area contributed by atoms with E-state index in [9.17, 15) is 35.5 Å². The van der Waals surface area contributed by atoms with Crippen LogP contribution in [0.5, 0.6) is 5.75 Å². The van der Waals surface area contributed by atoms with E-state index in [2.05, 4.69) is 10.3 Å². The van der Waals surface area contributed by atoms with Gasteiger partial charge in [-0.2, -0.15) is 26.3 Å². The van der Waals surface area contributed by atoms with Gasteiger partial charge in [0.15, 0.2) is 5.75 Å². The van der Waals surface area contributed by atoms with Crippen LogP contribution < -0.4 is 15.0 Å². The monoisotopic (exact) mass is 532 g/mol. The number of amides is 1. The number of carbonyl (C=O) groups is 1. The van der Waals surface area contributed by atoms with Crippen LogP contribution in [0.3, 0.4) is 0 Å². The van der Waals surface area contributed by atoms with Gasteiger partial charge < -0.3 is 15.5 Å². The maximum atomic E-state index is 13.9. The van der Waals surface area contributed by atoms with Gasteiger partial charge in [-0.25, -0.2) is 14.2 Å². The van der Waals surface area contributed by atoms with E-state index in [1.807, 2.05) is 0 Å². The lowest BCUT2D eigenvalue weighted by Crippen LogP contribution is -2.30. The Morgan fingerprint density at radius 1 is 1.11 bits per heavy atom. The Hall–Kier alpha value is -3.94. The highest BCUT2D eigenvalue weighted by molar-refractivity contribution is 7.07. The van der Waals surface area contributed by atoms with Crippen LogP contribution in [0.15, 0.2) is 53.5 Å². The van der Waals surface area contributed by atoms with Crippen LogP contribution in [0.1, 0.15) is 16.7 Å². The molecule has 1 amide bonds. The normalized spacial score (nSPS) is 12.3. The molecule has 2 N–H and O–H groups in total. The van der Waals surface area contributed by atoms with Gasteiger partial charge >= 0.3 is 18.4 Å². The Balaban J connectivity index is 2.16. The second-order valence-corrected chi connectivity index (χ2v) is 7.78.